The number of nitrogens with zero attached hydrogens (tertiary/aromatic N) is 1. The molecule has 1 aliphatic carbocycles. The van der Waals surface area contributed by atoms with Crippen LogP contribution in [0, 0.1) is 5.92 Å². The Hall–Kier alpha value is -1.94. The van der Waals surface area contributed by atoms with E-state index >= 15 is 0 Å². The van der Waals surface area contributed by atoms with Gasteiger partial charge in [-0.25, -0.2) is 0 Å². The van der Waals surface area contributed by atoms with Gasteiger partial charge in [0, 0.05) is 34.9 Å². The summed E-state index contributed by atoms with van der Waals surface area (Å²) in [5.74, 6) is -0.0293. The smallest absolute Gasteiger partial charge is 0.229 e. The van der Waals surface area contributed by atoms with Crippen molar-refractivity contribution in [3.8, 4) is 0 Å². The molecule has 0 aliphatic heterocycles. The monoisotopic (exact) mass is 283 g/mol. The van der Waals surface area contributed by atoms with Crippen molar-refractivity contribution in [3.63, 3.8) is 0 Å². The number of hydrogen-bond acceptors (Lipinski definition) is 3. The van der Waals surface area contributed by atoms with Crippen molar-refractivity contribution in [2.24, 2.45) is 11.7 Å². The largest absolute Gasteiger partial charge is 0.327 e. The van der Waals surface area contributed by atoms with E-state index in [-0.39, 0.29) is 17.9 Å². The standard InChI is InChI=1S/C17H21N3O/c18-15-7-3-1-2-6-14(15)17(21)20-16-8-4-5-12-11-19-10-9-13(12)16/h4-5,8-11,14-15H,1-3,6-7,18H2,(H,20,21). The van der Waals surface area contributed by atoms with Crippen LogP contribution in [0.15, 0.2) is 36.7 Å². The molecule has 21 heavy (non-hydrogen) atoms. The van der Waals surface area contributed by atoms with Gasteiger partial charge < -0.3 is 11.1 Å². The Balaban J connectivity index is 1.82. The average Bonchev–Trinajstić information content (AvgIpc) is 2.72. The predicted octanol–water partition coefficient (Wildman–Crippen LogP) is 3.08. The highest BCUT2D eigenvalue weighted by Gasteiger charge is 2.27. The number of carbonyl (C=O) groups is 1. The van der Waals surface area contributed by atoms with Crippen LogP contribution in [0.5, 0.6) is 0 Å². The number of fused-ring (bicyclic) bond motifs is 1. The first-order chi connectivity index (χ1) is 10.3. The van der Waals surface area contributed by atoms with E-state index in [0.29, 0.717) is 0 Å². The molecule has 2 unspecified atom stereocenters. The molecule has 3 rings (SSSR count). The number of anilines is 1. The first kappa shape index (κ1) is 14.0. The number of hydrogen-bond donors (Lipinski definition) is 2. The fourth-order valence-corrected chi connectivity index (χ4v) is 3.12. The first-order valence-corrected chi connectivity index (χ1v) is 7.65. The summed E-state index contributed by atoms with van der Waals surface area (Å²) in [5.41, 5.74) is 7.02. The second kappa shape index (κ2) is 6.22. The van der Waals surface area contributed by atoms with Gasteiger partial charge in [0.2, 0.25) is 5.91 Å². The lowest BCUT2D eigenvalue weighted by atomic mass is 9.94. The number of aromatic nitrogens is 1. The Morgan fingerprint density at radius 1 is 1.19 bits per heavy atom. The fourth-order valence-electron chi connectivity index (χ4n) is 3.12. The van der Waals surface area contributed by atoms with E-state index in [4.69, 9.17) is 5.73 Å². The van der Waals surface area contributed by atoms with Gasteiger partial charge in [0.05, 0.1) is 5.92 Å². The summed E-state index contributed by atoms with van der Waals surface area (Å²) in [4.78, 5) is 16.7. The lowest BCUT2D eigenvalue weighted by Gasteiger charge is -2.21. The summed E-state index contributed by atoms with van der Waals surface area (Å²) in [7, 11) is 0. The zero-order valence-corrected chi connectivity index (χ0v) is 12.1. The lowest BCUT2D eigenvalue weighted by molar-refractivity contribution is -0.120. The maximum atomic E-state index is 12.6. The van der Waals surface area contributed by atoms with Gasteiger partial charge in [0.25, 0.3) is 0 Å². The van der Waals surface area contributed by atoms with Crippen molar-refractivity contribution >= 4 is 22.4 Å². The van der Waals surface area contributed by atoms with E-state index in [1.54, 1.807) is 6.20 Å². The number of nitrogens with one attached hydrogen (secondary N) is 1. The van der Waals surface area contributed by atoms with Crippen molar-refractivity contribution in [1.82, 2.24) is 4.98 Å². The van der Waals surface area contributed by atoms with E-state index in [1.807, 2.05) is 30.5 Å². The van der Waals surface area contributed by atoms with Crippen LogP contribution in [-0.4, -0.2) is 16.9 Å². The van der Waals surface area contributed by atoms with E-state index in [2.05, 4.69) is 10.3 Å². The maximum Gasteiger partial charge on any atom is 0.229 e. The molecule has 0 radical (unpaired) electrons. The third kappa shape index (κ3) is 3.05. The first-order valence-electron chi connectivity index (χ1n) is 7.65. The van der Waals surface area contributed by atoms with Crippen LogP contribution in [-0.2, 0) is 4.79 Å². The van der Waals surface area contributed by atoms with Crippen LogP contribution in [0.1, 0.15) is 32.1 Å². The highest BCUT2D eigenvalue weighted by atomic mass is 16.1. The molecule has 2 aromatic rings. The van der Waals surface area contributed by atoms with Crippen molar-refractivity contribution in [2.45, 2.75) is 38.1 Å². The summed E-state index contributed by atoms with van der Waals surface area (Å²) in [5, 5.41) is 5.11. The number of pyridine rings is 1. The molecular formula is C17H21N3O. The zero-order chi connectivity index (χ0) is 14.7. The molecule has 4 heteroatoms. The van der Waals surface area contributed by atoms with Crippen LogP contribution in [0.4, 0.5) is 5.69 Å². The lowest BCUT2D eigenvalue weighted by Crippen LogP contribution is -2.37. The van der Waals surface area contributed by atoms with Crippen LogP contribution >= 0.6 is 0 Å². The van der Waals surface area contributed by atoms with Gasteiger partial charge in [-0.1, -0.05) is 31.4 Å². The third-order valence-electron chi connectivity index (χ3n) is 4.34. The van der Waals surface area contributed by atoms with Gasteiger partial charge in [-0.05, 0) is 25.0 Å². The Kier molecular flexibility index (Phi) is 4.15. The second-order valence-electron chi connectivity index (χ2n) is 5.80. The number of rotatable bonds is 2. The minimum absolute atomic E-state index is 0.0239. The van der Waals surface area contributed by atoms with Crippen LogP contribution < -0.4 is 11.1 Å². The highest BCUT2D eigenvalue weighted by molar-refractivity contribution is 6.02. The summed E-state index contributed by atoms with van der Waals surface area (Å²) in [6, 6.07) is 7.77. The molecule has 3 N–H and O–H groups in total. The number of benzene rings is 1. The Labute approximate surface area is 124 Å². The Morgan fingerprint density at radius 2 is 2.05 bits per heavy atom. The second-order valence-corrected chi connectivity index (χ2v) is 5.80. The molecule has 4 nitrogen and oxygen atoms in total. The number of amides is 1. The van der Waals surface area contributed by atoms with Crippen molar-refractivity contribution in [3.05, 3.63) is 36.7 Å². The van der Waals surface area contributed by atoms with E-state index in [0.717, 1.165) is 42.1 Å². The topological polar surface area (TPSA) is 68.0 Å². The molecule has 110 valence electrons. The molecule has 2 atom stereocenters. The van der Waals surface area contributed by atoms with Crippen LogP contribution in [0.3, 0.4) is 0 Å². The van der Waals surface area contributed by atoms with Gasteiger partial charge in [-0.2, -0.15) is 0 Å². The van der Waals surface area contributed by atoms with Gasteiger partial charge >= 0.3 is 0 Å². The molecule has 1 fully saturated rings. The molecular weight excluding hydrogens is 262 g/mol. The van der Waals surface area contributed by atoms with Crippen LogP contribution in [0.2, 0.25) is 0 Å². The molecule has 1 heterocycles. The van der Waals surface area contributed by atoms with Crippen molar-refractivity contribution in [2.75, 3.05) is 5.32 Å². The molecule has 1 aliphatic rings. The van der Waals surface area contributed by atoms with Gasteiger partial charge in [0.1, 0.15) is 0 Å². The SMILES string of the molecule is NC1CCCCCC1C(=O)Nc1cccc2cnccc12. The Morgan fingerprint density at radius 3 is 2.95 bits per heavy atom. The van der Waals surface area contributed by atoms with E-state index in [9.17, 15) is 4.79 Å². The summed E-state index contributed by atoms with van der Waals surface area (Å²) in [6.07, 6.45) is 8.78. The summed E-state index contributed by atoms with van der Waals surface area (Å²) >= 11 is 0. The highest BCUT2D eigenvalue weighted by Crippen LogP contribution is 2.26. The normalized spacial score (nSPS) is 22.7. The minimum Gasteiger partial charge on any atom is -0.327 e. The number of nitrogens with two attached hydrogens (primary N) is 1. The molecule has 1 aromatic carbocycles. The maximum absolute atomic E-state index is 12.6. The van der Waals surface area contributed by atoms with E-state index < -0.39 is 0 Å². The molecule has 1 amide bonds. The minimum atomic E-state index is -0.0791. The average molecular weight is 283 g/mol. The molecule has 0 spiro atoms. The third-order valence-corrected chi connectivity index (χ3v) is 4.34. The molecule has 0 saturated heterocycles. The molecule has 0 bridgehead atoms. The number of carbonyl (C=O) groups excluding carboxylic acids is 1. The quantitative estimate of drug-likeness (QED) is 0.832. The molecule has 1 saturated carbocycles. The fraction of sp³-hybridized carbons (Fsp3) is 0.412. The van der Waals surface area contributed by atoms with Gasteiger partial charge in [-0.15, -0.1) is 0 Å². The predicted molar refractivity (Wildman–Crippen MR) is 84.9 cm³/mol. The summed E-state index contributed by atoms with van der Waals surface area (Å²) in [6.45, 7) is 0. The Bertz CT molecular complexity index is 635. The van der Waals surface area contributed by atoms with Crippen molar-refractivity contribution < 1.29 is 4.79 Å². The van der Waals surface area contributed by atoms with Crippen molar-refractivity contribution in [1.29, 1.82) is 0 Å². The summed E-state index contributed by atoms with van der Waals surface area (Å²) < 4.78 is 0. The zero-order valence-electron chi connectivity index (χ0n) is 12.1. The van der Waals surface area contributed by atoms with Crippen LogP contribution in [0.25, 0.3) is 10.8 Å². The van der Waals surface area contributed by atoms with Gasteiger partial charge in [0.15, 0.2) is 0 Å². The molecule has 1 aromatic heterocycles. The van der Waals surface area contributed by atoms with Gasteiger partial charge in [-0.3, -0.25) is 9.78 Å². The van der Waals surface area contributed by atoms with E-state index in [1.165, 1.54) is 6.42 Å².